The normalized spacial score (nSPS) is 10.4. The van der Waals surface area contributed by atoms with E-state index in [0.717, 1.165) is 0 Å². The van der Waals surface area contributed by atoms with Gasteiger partial charge in [-0.2, -0.15) is 5.26 Å². The van der Waals surface area contributed by atoms with Crippen molar-refractivity contribution in [2.45, 2.75) is 6.92 Å². The monoisotopic (exact) mass is 290 g/mol. The van der Waals surface area contributed by atoms with Crippen LogP contribution in [0.1, 0.15) is 28.5 Å². The molecule has 0 saturated heterocycles. The summed E-state index contributed by atoms with van der Waals surface area (Å²) in [5.41, 5.74) is 2.02. The van der Waals surface area contributed by atoms with Gasteiger partial charge in [0.2, 0.25) is 5.78 Å². The van der Waals surface area contributed by atoms with E-state index in [9.17, 15) is 10.1 Å². The van der Waals surface area contributed by atoms with Crippen molar-refractivity contribution in [2.75, 3.05) is 6.61 Å². The molecule has 4 nitrogen and oxygen atoms in total. The lowest BCUT2D eigenvalue weighted by Gasteiger charge is -2.06. The third-order valence-electron chi connectivity index (χ3n) is 3.45. The van der Waals surface area contributed by atoms with Gasteiger partial charge in [-0.15, -0.1) is 0 Å². The highest BCUT2D eigenvalue weighted by molar-refractivity contribution is 6.11. The fraction of sp³-hybridized carbons (Fsp3) is 0.111. The number of nitriles is 1. The molecule has 4 heteroatoms. The summed E-state index contributed by atoms with van der Waals surface area (Å²) in [5.74, 6) is 0.191. The molecule has 0 aliphatic heterocycles. The minimum absolute atomic E-state index is 0.160. The minimum atomic E-state index is -0.160. The summed E-state index contributed by atoms with van der Waals surface area (Å²) in [4.78, 5) is 12.9. The molecule has 0 N–H and O–H groups in total. The molecule has 0 aliphatic rings. The fourth-order valence-corrected chi connectivity index (χ4v) is 2.52. The molecule has 2 aromatic heterocycles. The molecule has 3 rings (SSSR count). The Hall–Kier alpha value is -3.06. The first-order valence-electron chi connectivity index (χ1n) is 7.03. The molecule has 0 fully saturated rings. The first-order valence-corrected chi connectivity index (χ1v) is 7.03. The summed E-state index contributed by atoms with van der Waals surface area (Å²) >= 11 is 0. The molecule has 108 valence electrons. The molecule has 0 aliphatic carbocycles. The molecule has 0 saturated carbocycles. The summed E-state index contributed by atoms with van der Waals surface area (Å²) < 4.78 is 7.34. The van der Waals surface area contributed by atoms with E-state index in [1.807, 2.05) is 43.3 Å². The first kappa shape index (κ1) is 13.9. The van der Waals surface area contributed by atoms with Crippen LogP contribution >= 0.6 is 0 Å². The van der Waals surface area contributed by atoms with E-state index in [2.05, 4.69) is 6.07 Å². The lowest BCUT2D eigenvalue weighted by molar-refractivity contribution is 0.103. The largest absolute Gasteiger partial charge is 0.490 e. The van der Waals surface area contributed by atoms with Crippen LogP contribution in [0, 0.1) is 11.3 Å². The van der Waals surface area contributed by atoms with Gasteiger partial charge in [0.25, 0.3) is 0 Å². The number of benzene rings is 1. The summed E-state index contributed by atoms with van der Waals surface area (Å²) in [6.07, 6.45) is 1.77. The summed E-state index contributed by atoms with van der Waals surface area (Å²) in [6, 6.07) is 16.6. The SMILES string of the molecule is CCOc1c(C#N)c2ccccn2c1C(=O)c1ccccc1. The number of rotatable bonds is 4. The van der Waals surface area contributed by atoms with Crippen molar-refractivity contribution in [3.05, 3.63) is 71.5 Å². The molecule has 22 heavy (non-hydrogen) atoms. The van der Waals surface area contributed by atoms with Crippen LogP contribution in [0.3, 0.4) is 0 Å². The Kier molecular flexibility index (Phi) is 3.63. The van der Waals surface area contributed by atoms with Crippen molar-refractivity contribution >= 4 is 11.3 Å². The lowest BCUT2D eigenvalue weighted by Crippen LogP contribution is -2.07. The van der Waals surface area contributed by atoms with Crippen LogP contribution in [0.15, 0.2) is 54.7 Å². The second kappa shape index (κ2) is 5.74. The molecular weight excluding hydrogens is 276 g/mol. The van der Waals surface area contributed by atoms with Crippen LogP contribution in [0.5, 0.6) is 5.75 Å². The number of ketones is 1. The molecule has 1 aromatic carbocycles. The van der Waals surface area contributed by atoms with Gasteiger partial charge in [-0.1, -0.05) is 36.4 Å². The number of hydrogen-bond donors (Lipinski definition) is 0. The smallest absolute Gasteiger partial charge is 0.213 e. The van der Waals surface area contributed by atoms with Crippen molar-refractivity contribution < 1.29 is 9.53 Å². The molecule has 0 radical (unpaired) electrons. The Labute approximate surface area is 128 Å². The minimum Gasteiger partial charge on any atom is -0.490 e. The Morgan fingerprint density at radius 2 is 1.91 bits per heavy atom. The number of aromatic nitrogens is 1. The Morgan fingerprint density at radius 3 is 2.59 bits per heavy atom. The average molecular weight is 290 g/mol. The van der Waals surface area contributed by atoms with Gasteiger partial charge in [-0.25, -0.2) is 0 Å². The summed E-state index contributed by atoms with van der Waals surface area (Å²) in [6.45, 7) is 2.22. The highest BCUT2D eigenvalue weighted by Gasteiger charge is 2.25. The van der Waals surface area contributed by atoms with E-state index in [1.54, 1.807) is 22.7 Å². The second-order valence-electron chi connectivity index (χ2n) is 4.75. The third kappa shape index (κ3) is 2.13. The predicted molar refractivity (Wildman–Crippen MR) is 83.2 cm³/mol. The lowest BCUT2D eigenvalue weighted by atomic mass is 10.1. The number of fused-ring (bicyclic) bond motifs is 1. The third-order valence-corrected chi connectivity index (χ3v) is 3.45. The van der Waals surface area contributed by atoms with Crippen LogP contribution in [0.25, 0.3) is 5.52 Å². The van der Waals surface area contributed by atoms with Gasteiger partial charge in [0.1, 0.15) is 17.3 Å². The number of carbonyl (C=O) groups is 1. The van der Waals surface area contributed by atoms with Crippen LogP contribution in [-0.2, 0) is 0 Å². The van der Waals surface area contributed by atoms with E-state index in [1.165, 1.54) is 0 Å². The van der Waals surface area contributed by atoms with E-state index in [-0.39, 0.29) is 5.78 Å². The van der Waals surface area contributed by atoms with E-state index in [4.69, 9.17) is 4.74 Å². The zero-order chi connectivity index (χ0) is 15.5. The highest BCUT2D eigenvalue weighted by Crippen LogP contribution is 2.32. The van der Waals surface area contributed by atoms with Crippen LogP contribution in [-0.4, -0.2) is 16.8 Å². The maximum atomic E-state index is 12.9. The molecule has 0 unspecified atom stereocenters. The van der Waals surface area contributed by atoms with Gasteiger partial charge < -0.3 is 9.14 Å². The topological polar surface area (TPSA) is 54.5 Å². The number of carbonyl (C=O) groups excluding carboxylic acids is 1. The molecule has 2 heterocycles. The van der Waals surface area contributed by atoms with Gasteiger partial charge in [-0.05, 0) is 19.1 Å². The number of pyridine rings is 1. The zero-order valence-electron chi connectivity index (χ0n) is 12.1. The van der Waals surface area contributed by atoms with E-state index < -0.39 is 0 Å². The molecule has 3 aromatic rings. The van der Waals surface area contributed by atoms with Crippen molar-refractivity contribution in [1.82, 2.24) is 4.40 Å². The van der Waals surface area contributed by atoms with Crippen LogP contribution < -0.4 is 4.74 Å². The van der Waals surface area contributed by atoms with Crippen molar-refractivity contribution in [3.8, 4) is 11.8 Å². The molecule has 0 amide bonds. The number of nitrogens with zero attached hydrogens (tertiary/aromatic N) is 2. The Balaban J connectivity index is 2.30. The zero-order valence-corrected chi connectivity index (χ0v) is 12.1. The maximum Gasteiger partial charge on any atom is 0.213 e. The average Bonchev–Trinajstić information content (AvgIpc) is 2.88. The maximum absolute atomic E-state index is 12.9. The van der Waals surface area contributed by atoms with Crippen molar-refractivity contribution in [3.63, 3.8) is 0 Å². The Bertz CT molecular complexity index is 873. The first-order chi connectivity index (χ1) is 10.8. The predicted octanol–water partition coefficient (Wildman–Crippen LogP) is 3.44. The fourth-order valence-electron chi connectivity index (χ4n) is 2.52. The quantitative estimate of drug-likeness (QED) is 0.692. The molecule has 0 bridgehead atoms. The van der Waals surface area contributed by atoms with Gasteiger partial charge in [0, 0.05) is 11.8 Å². The van der Waals surface area contributed by atoms with Crippen LogP contribution in [0.2, 0.25) is 0 Å². The molecule has 0 spiro atoms. The van der Waals surface area contributed by atoms with Crippen molar-refractivity contribution in [2.24, 2.45) is 0 Å². The highest BCUT2D eigenvalue weighted by atomic mass is 16.5. The van der Waals surface area contributed by atoms with Crippen molar-refractivity contribution in [1.29, 1.82) is 5.26 Å². The van der Waals surface area contributed by atoms with Gasteiger partial charge in [-0.3, -0.25) is 4.79 Å². The van der Waals surface area contributed by atoms with E-state index in [0.29, 0.717) is 34.7 Å². The van der Waals surface area contributed by atoms with Crippen LogP contribution in [0.4, 0.5) is 0 Å². The second-order valence-corrected chi connectivity index (χ2v) is 4.75. The van der Waals surface area contributed by atoms with Gasteiger partial charge in [0.15, 0.2) is 5.75 Å². The van der Waals surface area contributed by atoms with Gasteiger partial charge in [0.05, 0.1) is 12.1 Å². The number of ether oxygens (including phenoxy) is 1. The standard InChI is InChI=1S/C18H14N2O2/c1-2-22-18-14(12-19)15-10-6-7-11-20(15)16(18)17(21)13-8-4-3-5-9-13/h3-11H,2H2,1H3. The number of hydrogen-bond acceptors (Lipinski definition) is 3. The summed E-state index contributed by atoms with van der Waals surface area (Å²) in [7, 11) is 0. The molecule has 0 atom stereocenters. The molecular formula is C18H14N2O2. The van der Waals surface area contributed by atoms with Gasteiger partial charge >= 0.3 is 0 Å². The van der Waals surface area contributed by atoms with E-state index >= 15 is 0 Å². The summed E-state index contributed by atoms with van der Waals surface area (Å²) in [5, 5.41) is 9.45. The Morgan fingerprint density at radius 1 is 1.18 bits per heavy atom.